The number of fused-ring (bicyclic) bond motifs is 2. The molecule has 1 atom stereocenters. The highest BCUT2D eigenvalue weighted by Gasteiger charge is 2.43. The summed E-state index contributed by atoms with van der Waals surface area (Å²) in [5.41, 5.74) is 3.90. The number of unbranched alkanes of at least 4 members (excludes halogenated alkanes) is 1. The van der Waals surface area contributed by atoms with Crippen molar-refractivity contribution in [2.75, 3.05) is 18.6 Å². The average Bonchev–Trinajstić information content (AvgIpc) is 3.26. The van der Waals surface area contributed by atoms with Crippen LogP contribution in [0.1, 0.15) is 79.3 Å². The van der Waals surface area contributed by atoms with Gasteiger partial charge in [0.25, 0.3) is 5.91 Å². The monoisotopic (exact) mass is 539 g/mol. The van der Waals surface area contributed by atoms with Crippen LogP contribution in [0.2, 0.25) is 0 Å². The number of ether oxygens (including phenoxy) is 2. The van der Waals surface area contributed by atoms with E-state index in [4.69, 9.17) is 13.9 Å². The molecule has 0 saturated heterocycles. The maximum Gasteiger partial charge on any atom is 0.338 e. The molecule has 0 bridgehead atoms. The maximum absolute atomic E-state index is 13.9. The number of hydrogen-bond acceptors (Lipinski definition) is 7. The van der Waals surface area contributed by atoms with Gasteiger partial charge in [-0.05, 0) is 85.5 Å². The molecule has 0 fully saturated rings. The van der Waals surface area contributed by atoms with E-state index in [0.29, 0.717) is 40.0 Å². The maximum atomic E-state index is 13.9. The van der Waals surface area contributed by atoms with Crippen molar-refractivity contribution < 1.29 is 28.3 Å². The lowest BCUT2D eigenvalue weighted by atomic mass is 9.96. The van der Waals surface area contributed by atoms with Crippen LogP contribution >= 0.6 is 0 Å². The molecule has 1 unspecified atom stereocenters. The number of benzene rings is 3. The number of amides is 1. The first-order chi connectivity index (χ1) is 19.2. The lowest BCUT2D eigenvalue weighted by molar-refractivity contribution is 0.0499. The van der Waals surface area contributed by atoms with E-state index in [1.54, 1.807) is 60.7 Å². The van der Waals surface area contributed by atoms with Gasteiger partial charge in [-0.2, -0.15) is 0 Å². The van der Waals surface area contributed by atoms with Crippen LogP contribution in [0.3, 0.4) is 0 Å². The molecule has 8 nitrogen and oxygen atoms in total. The highest BCUT2D eigenvalue weighted by Crippen LogP contribution is 2.41. The first kappa shape index (κ1) is 26.9. The Labute approximate surface area is 231 Å². The summed E-state index contributed by atoms with van der Waals surface area (Å²) in [6.07, 6.45) is 1.68. The number of rotatable bonds is 7. The average molecular weight is 540 g/mol. The third kappa shape index (κ3) is 4.66. The van der Waals surface area contributed by atoms with Crippen LogP contribution in [0, 0.1) is 13.8 Å². The minimum absolute atomic E-state index is 0.0363. The highest BCUT2D eigenvalue weighted by molar-refractivity contribution is 6.11. The number of aryl methyl sites for hydroxylation is 2. The van der Waals surface area contributed by atoms with Gasteiger partial charge < -0.3 is 13.9 Å². The van der Waals surface area contributed by atoms with Crippen molar-refractivity contribution in [1.82, 2.24) is 0 Å². The summed E-state index contributed by atoms with van der Waals surface area (Å²) in [6, 6.07) is 15.8. The predicted molar refractivity (Wildman–Crippen MR) is 150 cm³/mol. The zero-order valence-electron chi connectivity index (χ0n) is 22.8. The summed E-state index contributed by atoms with van der Waals surface area (Å²) in [5.74, 6) is -1.46. The molecular weight excluding hydrogens is 510 g/mol. The fraction of sp³-hybridized carbons (Fsp3) is 0.250. The predicted octanol–water partition coefficient (Wildman–Crippen LogP) is 5.90. The standard InChI is InChI=1S/C32H29NO7/c1-5-6-15-39-32(37)22-11-13-23(14-12-22)33-27(20-7-9-21(10-8-20)31(36)38-4)26-28(34)24-16-18(2)19(3)17-25(24)40-29(26)30(33)35/h7-14,16-17,27H,5-6,15H2,1-4H3. The minimum Gasteiger partial charge on any atom is -0.465 e. The summed E-state index contributed by atoms with van der Waals surface area (Å²) in [5, 5.41) is 0.387. The third-order valence-corrected chi connectivity index (χ3v) is 7.25. The molecule has 1 aliphatic heterocycles. The molecule has 0 spiro atoms. The van der Waals surface area contributed by atoms with Crippen LogP contribution in [0.25, 0.3) is 11.0 Å². The normalized spacial score (nSPS) is 14.3. The number of anilines is 1. The SMILES string of the molecule is CCCCOC(=O)c1ccc(N2C(=O)c3oc4cc(C)c(C)cc4c(=O)c3C2c2ccc(C(=O)OC)cc2)cc1. The summed E-state index contributed by atoms with van der Waals surface area (Å²) < 4.78 is 16.2. The molecule has 0 N–H and O–H groups in total. The molecule has 1 aromatic heterocycles. The molecule has 204 valence electrons. The number of nitrogens with zero attached hydrogens (tertiary/aromatic N) is 1. The Kier molecular flexibility index (Phi) is 7.26. The quantitative estimate of drug-likeness (QED) is 0.213. The van der Waals surface area contributed by atoms with Gasteiger partial charge in [0, 0.05) is 5.69 Å². The Morgan fingerprint density at radius 1 is 0.900 bits per heavy atom. The molecule has 5 rings (SSSR count). The van der Waals surface area contributed by atoms with Crippen LogP contribution < -0.4 is 10.3 Å². The van der Waals surface area contributed by atoms with Crippen molar-refractivity contribution in [2.45, 2.75) is 39.7 Å². The van der Waals surface area contributed by atoms with Crippen molar-refractivity contribution in [3.63, 3.8) is 0 Å². The zero-order chi connectivity index (χ0) is 28.6. The minimum atomic E-state index is -0.821. The second kappa shape index (κ2) is 10.8. The Morgan fingerprint density at radius 3 is 2.17 bits per heavy atom. The topological polar surface area (TPSA) is 103 Å². The Morgan fingerprint density at radius 2 is 1.52 bits per heavy atom. The van der Waals surface area contributed by atoms with E-state index < -0.39 is 23.9 Å². The lowest BCUT2D eigenvalue weighted by Gasteiger charge is -2.25. The summed E-state index contributed by atoms with van der Waals surface area (Å²) >= 11 is 0. The van der Waals surface area contributed by atoms with Gasteiger partial charge in [0.05, 0.1) is 41.8 Å². The van der Waals surface area contributed by atoms with Crippen LogP contribution in [-0.2, 0) is 9.47 Å². The van der Waals surface area contributed by atoms with E-state index in [1.807, 2.05) is 20.8 Å². The molecular formula is C32H29NO7. The van der Waals surface area contributed by atoms with E-state index >= 15 is 0 Å². The Bertz CT molecular complexity index is 1680. The van der Waals surface area contributed by atoms with E-state index in [1.165, 1.54) is 12.0 Å². The van der Waals surface area contributed by atoms with E-state index in [9.17, 15) is 19.2 Å². The van der Waals surface area contributed by atoms with Crippen LogP contribution in [0.15, 0.2) is 69.9 Å². The number of carbonyl (C=O) groups is 3. The first-order valence-electron chi connectivity index (χ1n) is 13.1. The molecule has 4 aromatic rings. The largest absolute Gasteiger partial charge is 0.465 e. The Hall–Kier alpha value is -4.72. The fourth-order valence-electron chi connectivity index (χ4n) is 4.88. The molecule has 0 radical (unpaired) electrons. The molecule has 0 aliphatic carbocycles. The molecule has 8 heteroatoms. The Balaban J connectivity index is 1.63. The molecule has 1 amide bonds. The van der Waals surface area contributed by atoms with Crippen LogP contribution in [0.5, 0.6) is 0 Å². The van der Waals surface area contributed by atoms with Crippen molar-refractivity contribution in [1.29, 1.82) is 0 Å². The van der Waals surface area contributed by atoms with Crippen molar-refractivity contribution >= 4 is 34.5 Å². The smallest absolute Gasteiger partial charge is 0.338 e. The molecule has 2 heterocycles. The third-order valence-electron chi connectivity index (χ3n) is 7.25. The van der Waals surface area contributed by atoms with E-state index in [0.717, 1.165) is 24.0 Å². The number of methoxy groups -OCH3 is 1. The molecule has 40 heavy (non-hydrogen) atoms. The number of esters is 2. The van der Waals surface area contributed by atoms with Gasteiger partial charge in [0.2, 0.25) is 5.76 Å². The van der Waals surface area contributed by atoms with Crippen molar-refractivity contribution in [2.24, 2.45) is 0 Å². The van der Waals surface area contributed by atoms with Gasteiger partial charge in [-0.1, -0.05) is 25.5 Å². The van der Waals surface area contributed by atoms with E-state index in [-0.39, 0.29) is 16.8 Å². The van der Waals surface area contributed by atoms with E-state index in [2.05, 4.69) is 0 Å². The summed E-state index contributed by atoms with van der Waals surface area (Å²) in [6.45, 7) is 6.17. The van der Waals surface area contributed by atoms with Crippen LogP contribution in [0.4, 0.5) is 5.69 Å². The number of hydrogen-bond donors (Lipinski definition) is 0. The molecule has 1 aliphatic rings. The van der Waals surface area contributed by atoms with Gasteiger partial charge in [-0.25, -0.2) is 9.59 Å². The molecule has 3 aromatic carbocycles. The van der Waals surface area contributed by atoms with Gasteiger partial charge in [0.1, 0.15) is 5.58 Å². The van der Waals surface area contributed by atoms with Gasteiger partial charge >= 0.3 is 11.9 Å². The van der Waals surface area contributed by atoms with Gasteiger partial charge in [0.15, 0.2) is 5.43 Å². The fourth-order valence-corrected chi connectivity index (χ4v) is 4.88. The van der Waals surface area contributed by atoms with Crippen molar-refractivity contribution in [3.8, 4) is 0 Å². The van der Waals surface area contributed by atoms with Gasteiger partial charge in [-0.15, -0.1) is 0 Å². The van der Waals surface area contributed by atoms with Crippen molar-refractivity contribution in [3.05, 3.63) is 110 Å². The van der Waals surface area contributed by atoms with Crippen LogP contribution in [-0.4, -0.2) is 31.6 Å². The van der Waals surface area contributed by atoms with Gasteiger partial charge in [-0.3, -0.25) is 14.5 Å². The second-order valence-corrected chi connectivity index (χ2v) is 9.83. The highest BCUT2D eigenvalue weighted by atomic mass is 16.5. The first-order valence-corrected chi connectivity index (χ1v) is 13.1. The lowest BCUT2D eigenvalue weighted by Crippen LogP contribution is -2.29. The second-order valence-electron chi connectivity index (χ2n) is 9.83. The molecule has 0 saturated carbocycles. The number of carbonyl (C=O) groups excluding carboxylic acids is 3. The summed E-state index contributed by atoms with van der Waals surface area (Å²) in [7, 11) is 1.30. The summed E-state index contributed by atoms with van der Waals surface area (Å²) in [4.78, 5) is 53.7. The zero-order valence-corrected chi connectivity index (χ0v) is 22.8.